The van der Waals surface area contributed by atoms with Crippen molar-refractivity contribution in [2.75, 3.05) is 0 Å². The van der Waals surface area contributed by atoms with Crippen molar-refractivity contribution in [3.8, 4) is 0 Å². The monoisotopic (exact) mass is 149 g/mol. The molecule has 0 unspecified atom stereocenters. The van der Waals surface area contributed by atoms with E-state index in [1.807, 2.05) is 18.2 Å². The molecule has 58 valence electrons. The minimum atomic E-state index is 0.644. The Kier molecular flexibility index (Phi) is 3.19. The highest BCUT2D eigenvalue weighted by atomic mass is 16.3. The molecule has 0 aliphatic carbocycles. The van der Waals surface area contributed by atoms with Crippen LogP contribution in [0, 0.1) is 0 Å². The van der Waals surface area contributed by atoms with E-state index in [0.29, 0.717) is 5.89 Å². The molecule has 1 heterocycles. The van der Waals surface area contributed by atoms with Gasteiger partial charge in [0.1, 0.15) is 6.26 Å². The molecule has 1 rings (SSSR count). The molecule has 0 aliphatic heterocycles. The summed E-state index contributed by atoms with van der Waals surface area (Å²) in [5.74, 6) is 0.644. The molecule has 0 bridgehead atoms. The first-order valence-corrected chi connectivity index (χ1v) is 3.66. The maximum absolute atomic E-state index is 4.98. The Balaban J connectivity index is 2.43. The topological polar surface area (TPSA) is 26.0 Å². The fourth-order valence-corrected chi connectivity index (χ4v) is 0.669. The SMILES string of the molecule is CC/C=C/C=C/c1ncco1. The standard InChI is InChI=1S/C9H11NO/c1-2-3-4-5-6-9-10-7-8-11-9/h3-8H,2H2,1H3/b4-3+,6-5+. The van der Waals surface area contributed by atoms with Gasteiger partial charge in [-0.2, -0.15) is 0 Å². The van der Waals surface area contributed by atoms with Gasteiger partial charge >= 0.3 is 0 Å². The zero-order chi connectivity index (χ0) is 7.94. The summed E-state index contributed by atoms with van der Waals surface area (Å²) < 4.78 is 4.98. The van der Waals surface area contributed by atoms with Gasteiger partial charge in [0, 0.05) is 6.08 Å². The third-order valence-corrected chi connectivity index (χ3v) is 1.17. The molecular weight excluding hydrogens is 138 g/mol. The molecule has 0 saturated carbocycles. The van der Waals surface area contributed by atoms with Crippen molar-refractivity contribution in [1.82, 2.24) is 4.98 Å². The van der Waals surface area contributed by atoms with Gasteiger partial charge in [0.15, 0.2) is 0 Å². The van der Waals surface area contributed by atoms with E-state index in [1.54, 1.807) is 12.5 Å². The van der Waals surface area contributed by atoms with Crippen molar-refractivity contribution in [2.24, 2.45) is 0 Å². The lowest BCUT2D eigenvalue weighted by molar-refractivity contribution is 0.546. The van der Waals surface area contributed by atoms with Crippen LogP contribution in [-0.2, 0) is 0 Å². The molecule has 2 nitrogen and oxygen atoms in total. The van der Waals surface area contributed by atoms with Crippen LogP contribution in [0.4, 0.5) is 0 Å². The highest BCUT2D eigenvalue weighted by molar-refractivity contribution is 5.40. The number of hydrogen-bond donors (Lipinski definition) is 0. The quantitative estimate of drug-likeness (QED) is 0.617. The summed E-state index contributed by atoms with van der Waals surface area (Å²) in [5, 5.41) is 0. The van der Waals surface area contributed by atoms with Gasteiger partial charge in [0.05, 0.1) is 6.20 Å². The van der Waals surface area contributed by atoms with Crippen LogP contribution >= 0.6 is 0 Å². The van der Waals surface area contributed by atoms with Crippen molar-refractivity contribution in [1.29, 1.82) is 0 Å². The number of rotatable bonds is 3. The van der Waals surface area contributed by atoms with E-state index >= 15 is 0 Å². The summed E-state index contributed by atoms with van der Waals surface area (Å²) in [6.45, 7) is 2.09. The molecule has 0 radical (unpaired) electrons. The minimum absolute atomic E-state index is 0.644. The summed E-state index contributed by atoms with van der Waals surface area (Å²) in [4.78, 5) is 3.93. The Labute approximate surface area is 66.3 Å². The lowest BCUT2D eigenvalue weighted by Gasteiger charge is -1.77. The summed E-state index contributed by atoms with van der Waals surface area (Å²) in [6.07, 6.45) is 12.0. The van der Waals surface area contributed by atoms with Crippen LogP contribution in [0.2, 0.25) is 0 Å². The van der Waals surface area contributed by atoms with Crippen LogP contribution in [0.1, 0.15) is 19.2 Å². The molecule has 0 atom stereocenters. The Hall–Kier alpha value is -1.31. The van der Waals surface area contributed by atoms with Crippen molar-refractivity contribution in [3.05, 3.63) is 36.6 Å². The van der Waals surface area contributed by atoms with Gasteiger partial charge in [-0.25, -0.2) is 4.98 Å². The third kappa shape index (κ3) is 2.85. The lowest BCUT2D eigenvalue weighted by Crippen LogP contribution is -1.64. The fraction of sp³-hybridized carbons (Fsp3) is 0.222. The Morgan fingerprint density at radius 2 is 2.45 bits per heavy atom. The largest absolute Gasteiger partial charge is 0.445 e. The highest BCUT2D eigenvalue weighted by Gasteiger charge is 1.84. The second-order valence-electron chi connectivity index (χ2n) is 2.07. The van der Waals surface area contributed by atoms with Gasteiger partial charge in [-0.3, -0.25) is 0 Å². The highest BCUT2D eigenvalue weighted by Crippen LogP contribution is 1.96. The number of aromatic nitrogens is 1. The molecular formula is C9H11NO. The van der Waals surface area contributed by atoms with Crippen molar-refractivity contribution in [2.45, 2.75) is 13.3 Å². The normalized spacial score (nSPS) is 11.7. The molecule has 0 saturated heterocycles. The Morgan fingerprint density at radius 1 is 1.55 bits per heavy atom. The first-order chi connectivity index (χ1) is 5.43. The number of hydrogen-bond acceptors (Lipinski definition) is 2. The van der Waals surface area contributed by atoms with Crippen molar-refractivity contribution >= 4 is 6.08 Å². The molecule has 0 fully saturated rings. The summed E-state index contributed by atoms with van der Waals surface area (Å²) in [6, 6.07) is 0. The predicted molar refractivity (Wildman–Crippen MR) is 45.0 cm³/mol. The van der Waals surface area contributed by atoms with Gasteiger partial charge in [0.25, 0.3) is 0 Å². The smallest absolute Gasteiger partial charge is 0.218 e. The molecule has 0 aliphatic rings. The van der Waals surface area contributed by atoms with E-state index in [2.05, 4.69) is 18.0 Å². The Bertz CT molecular complexity index is 234. The van der Waals surface area contributed by atoms with E-state index in [-0.39, 0.29) is 0 Å². The molecule has 2 heteroatoms. The van der Waals surface area contributed by atoms with Crippen LogP contribution in [0.25, 0.3) is 6.08 Å². The van der Waals surface area contributed by atoms with Crippen LogP contribution < -0.4 is 0 Å². The Morgan fingerprint density at radius 3 is 3.09 bits per heavy atom. The van der Waals surface area contributed by atoms with E-state index < -0.39 is 0 Å². The van der Waals surface area contributed by atoms with Crippen LogP contribution in [-0.4, -0.2) is 4.98 Å². The van der Waals surface area contributed by atoms with Gasteiger partial charge in [0.2, 0.25) is 5.89 Å². The predicted octanol–water partition coefficient (Wildman–Crippen LogP) is 2.65. The maximum atomic E-state index is 4.98. The summed E-state index contributed by atoms with van der Waals surface area (Å²) in [5.41, 5.74) is 0. The van der Waals surface area contributed by atoms with Gasteiger partial charge in [-0.1, -0.05) is 25.2 Å². The minimum Gasteiger partial charge on any atom is -0.445 e. The molecule has 11 heavy (non-hydrogen) atoms. The zero-order valence-electron chi connectivity index (χ0n) is 6.53. The van der Waals surface area contributed by atoms with Gasteiger partial charge in [-0.15, -0.1) is 0 Å². The average Bonchev–Trinajstić information content (AvgIpc) is 2.50. The zero-order valence-corrected chi connectivity index (χ0v) is 6.53. The average molecular weight is 149 g/mol. The van der Waals surface area contributed by atoms with E-state index in [9.17, 15) is 0 Å². The first-order valence-electron chi connectivity index (χ1n) is 3.66. The number of allylic oxidation sites excluding steroid dienone is 3. The van der Waals surface area contributed by atoms with Crippen molar-refractivity contribution < 1.29 is 4.42 Å². The number of oxazole rings is 1. The second kappa shape index (κ2) is 4.50. The first kappa shape index (κ1) is 7.79. The van der Waals surface area contributed by atoms with E-state index in [0.717, 1.165) is 6.42 Å². The molecule has 0 N–H and O–H groups in total. The van der Waals surface area contributed by atoms with Gasteiger partial charge < -0.3 is 4.42 Å². The summed E-state index contributed by atoms with van der Waals surface area (Å²) >= 11 is 0. The van der Waals surface area contributed by atoms with E-state index in [4.69, 9.17) is 4.42 Å². The molecule has 1 aromatic heterocycles. The lowest BCUT2D eigenvalue weighted by atomic mass is 10.4. The summed E-state index contributed by atoms with van der Waals surface area (Å²) in [7, 11) is 0. The molecule has 0 spiro atoms. The second-order valence-corrected chi connectivity index (χ2v) is 2.07. The van der Waals surface area contributed by atoms with Crippen molar-refractivity contribution in [3.63, 3.8) is 0 Å². The fourth-order valence-electron chi connectivity index (χ4n) is 0.669. The third-order valence-electron chi connectivity index (χ3n) is 1.17. The number of nitrogens with zero attached hydrogens (tertiary/aromatic N) is 1. The molecule has 1 aromatic rings. The molecule has 0 aromatic carbocycles. The van der Waals surface area contributed by atoms with Crippen LogP contribution in [0.5, 0.6) is 0 Å². The maximum Gasteiger partial charge on any atom is 0.218 e. The van der Waals surface area contributed by atoms with Crippen LogP contribution in [0.3, 0.4) is 0 Å². The van der Waals surface area contributed by atoms with Crippen LogP contribution in [0.15, 0.2) is 35.1 Å². The van der Waals surface area contributed by atoms with Gasteiger partial charge in [-0.05, 0) is 6.42 Å². The molecule has 0 amide bonds. The van der Waals surface area contributed by atoms with E-state index in [1.165, 1.54) is 0 Å².